The van der Waals surface area contributed by atoms with Crippen molar-refractivity contribution in [3.8, 4) is 5.75 Å². The van der Waals surface area contributed by atoms with Gasteiger partial charge in [0.25, 0.3) is 5.91 Å². The Hall–Kier alpha value is -2.25. The van der Waals surface area contributed by atoms with E-state index in [-0.39, 0.29) is 25.4 Å². The van der Waals surface area contributed by atoms with Gasteiger partial charge in [-0.15, -0.1) is 0 Å². The van der Waals surface area contributed by atoms with Crippen LogP contribution >= 0.6 is 13.5 Å². The topological polar surface area (TPSA) is 61.8 Å². The minimum Gasteiger partial charge on any atom is -0.491 e. The lowest BCUT2D eigenvalue weighted by atomic mass is 10.1. The number of hydroxylamine groups is 1. The zero-order valence-electron chi connectivity index (χ0n) is 13.1. The zero-order chi connectivity index (χ0) is 16.4. The number of hydrogen-bond donors (Lipinski definition) is 2. The standard InChI is InChI=1S/C17H17FN2O3.H2S/c1-11-10-23-16-8-12(17(21)19-22)2-3-13(16)9-20(11)15-6-4-14(18)5-7-15;/h2-8,11,22H,9-10H2,1H3,(H,19,21);1H2/t11-;/m1./s1. The Labute approximate surface area is 146 Å². The van der Waals surface area contributed by atoms with Gasteiger partial charge in [-0.1, -0.05) is 6.07 Å². The maximum Gasteiger partial charge on any atom is 0.274 e. The van der Waals surface area contributed by atoms with E-state index in [1.54, 1.807) is 35.8 Å². The van der Waals surface area contributed by atoms with Crippen molar-refractivity contribution in [1.29, 1.82) is 0 Å². The number of nitrogens with one attached hydrogen (secondary N) is 1. The SMILES string of the molecule is C[C@@H]1COc2cc(C(=O)NO)ccc2CN1c1ccc(F)cc1.S. The van der Waals surface area contributed by atoms with Gasteiger partial charge in [0, 0.05) is 23.4 Å². The van der Waals surface area contributed by atoms with Crippen molar-refractivity contribution in [3.05, 3.63) is 59.4 Å². The monoisotopic (exact) mass is 350 g/mol. The summed E-state index contributed by atoms with van der Waals surface area (Å²) in [4.78, 5) is 13.6. The van der Waals surface area contributed by atoms with E-state index >= 15 is 0 Å². The minimum atomic E-state index is -0.580. The first-order chi connectivity index (χ1) is 11.1. The maximum absolute atomic E-state index is 13.1. The summed E-state index contributed by atoms with van der Waals surface area (Å²) < 4.78 is 18.9. The molecule has 2 N–H and O–H groups in total. The van der Waals surface area contributed by atoms with Crippen molar-refractivity contribution in [2.45, 2.75) is 19.5 Å². The molecular formula is C17H19FN2O3S. The Kier molecular flexibility index (Phi) is 5.69. The second-order valence-corrected chi connectivity index (χ2v) is 5.53. The number of carbonyl (C=O) groups is 1. The molecule has 1 amide bonds. The van der Waals surface area contributed by atoms with Crippen LogP contribution in [0.3, 0.4) is 0 Å². The van der Waals surface area contributed by atoms with Gasteiger partial charge in [0.15, 0.2) is 0 Å². The molecule has 0 unspecified atom stereocenters. The van der Waals surface area contributed by atoms with E-state index in [4.69, 9.17) is 9.94 Å². The molecular weight excluding hydrogens is 331 g/mol. The molecule has 2 aromatic carbocycles. The largest absolute Gasteiger partial charge is 0.491 e. The summed E-state index contributed by atoms with van der Waals surface area (Å²) in [5.41, 5.74) is 3.77. The third-order valence-corrected chi connectivity index (χ3v) is 3.94. The Bertz CT molecular complexity index is 724. The van der Waals surface area contributed by atoms with Gasteiger partial charge in [0.2, 0.25) is 0 Å². The molecule has 1 atom stereocenters. The van der Waals surface area contributed by atoms with Crippen molar-refractivity contribution in [1.82, 2.24) is 5.48 Å². The van der Waals surface area contributed by atoms with Crippen molar-refractivity contribution in [2.24, 2.45) is 0 Å². The van der Waals surface area contributed by atoms with Gasteiger partial charge in [0.05, 0.1) is 6.04 Å². The van der Waals surface area contributed by atoms with Crippen molar-refractivity contribution < 1.29 is 19.1 Å². The van der Waals surface area contributed by atoms with Crippen LogP contribution < -0.4 is 15.1 Å². The van der Waals surface area contributed by atoms with Crippen LogP contribution in [0.25, 0.3) is 0 Å². The quantitative estimate of drug-likeness (QED) is 0.646. The average Bonchev–Trinajstić information content (AvgIpc) is 2.74. The number of fused-ring (bicyclic) bond motifs is 1. The first-order valence-corrected chi connectivity index (χ1v) is 7.31. The van der Waals surface area contributed by atoms with E-state index in [1.165, 1.54) is 12.1 Å². The van der Waals surface area contributed by atoms with Crippen LogP contribution in [0.15, 0.2) is 42.5 Å². The molecule has 24 heavy (non-hydrogen) atoms. The summed E-state index contributed by atoms with van der Waals surface area (Å²) >= 11 is 0. The fourth-order valence-corrected chi connectivity index (χ4v) is 2.64. The second-order valence-electron chi connectivity index (χ2n) is 5.53. The molecule has 2 aromatic rings. The van der Waals surface area contributed by atoms with Crippen LogP contribution in [0.4, 0.5) is 10.1 Å². The molecule has 0 spiro atoms. The molecule has 0 radical (unpaired) electrons. The maximum atomic E-state index is 13.1. The van der Waals surface area contributed by atoms with Crippen molar-refractivity contribution in [2.75, 3.05) is 11.5 Å². The highest BCUT2D eigenvalue weighted by Gasteiger charge is 2.22. The van der Waals surface area contributed by atoms with Gasteiger partial charge in [-0.2, -0.15) is 13.5 Å². The highest BCUT2D eigenvalue weighted by Crippen LogP contribution is 2.29. The van der Waals surface area contributed by atoms with Crippen LogP contribution in [0.2, 0.25) is 0 Å². The number of nitrogens with zero attached hydrogens (tertiary/aromatic N) is 1. The van der Waals surface area contributed by atoms with Crippen LogP contribution in [0, 0.1) is 5.82 Å². The lowest BCUT2D eigenvalue weighted by Crippen LogP contribution is -2.34. The second kappa shape index (κ2) is 7.55. The lowest BCUT2D eigenvalue weighted by molar-refractivity contribution is 0.0706. The minimum absolute atomic E-state index is 0. The Morgan fingerprint density at radius 3 is 2.67 bits per heavy atom. The Morgan fingerprint density at radius 2 is 2.00 bits per heavy atom. The summed E-state index contributed by atoms with van der Waals surface area (Å²) in [5, 5.41) is 8.72. The number of rotatable bonds is 2. The fourth-order valence-electron chi connectivity index (χ4n) is 2.64. The third kappa shape index (κ3) is 3.63. The highest BCUT2D eigenvalue weighted by molar-refractivity contribution is 7.59. The average molecular weight is 350 g/mol. The highest BCUT2D eigenvalue weighted by atomic mass is 32.1. The van der Waals surface area contributed by atoms with Gasteiger partial charge >= 0.3 is 0 Å². The number of hydrogen-bond acceptors (Lipinski definition) is 4. The van der Waals surface area contributed by atoms with Crippen LogP contribution in [-0.4, -0.2) is 23.8 Å². The molecule has 7 heteroatoms. The van der Waals surface area contributed by atoms with Crippen LogP contribution in [0.1, 0.15) is 22.8 Å². The molecule has 0 saturated heterocycles. The number of amides is 1. The Balaban J connectivity index is 0.00000208. The molecule has 0 fully saturated rings. The van der Waals surface area contributed by atoms with Gasteiger partial charge in [-0.3, -0.25) is 10.0 Å². The summed E-state index contributed by atoms with van der Waals surface area (Å²) in [6, 6.07) is 11.5. The van der Waals surface area contributed by atoms with Gasteiger partial charge < -0.3 is 9.64 Å². The van der Waals surface area contributed by atoms with E-state index < -0.39 is 5.91 Å². The molecule has 0 aromatic heterocycles. The zero-order valence-corrected chi connectivity index (χ0v) is 14.1. The molecule has 1 heterocycles. The number of ether oxygens (including phenoxy) is 1. The van der Waals surface area contributed by atoms with E-state index in [0.717, 1.165) is 11.3 Å². The van der Waals surface area contributed by atoms with E-state index in [0.29, 0.717) is 24.5 Å². The molecule has 3 rings (SSSR count). The van der Waals surface area contributed by atoms with E-state index in [1.807, 2.05) is 6.92 Å². The predicted octanol–water partition coefficient (Wildman–Crippen LogP) is 2.85. The molecule has 1 aliphatic rings. The number of anilines is 1. The fraction of sp³-hybridized carbons (Fsp3) is 0.235. The molecule has 128 valence electrons. The summed E-state index contributed by atoms with van der Waals surface area (Å²) in [6.07, 6.45) is 0. The smallest absolute Gasteiger partial charge is 0.274 e. The number of benzene rings is 2. The van der Waals surface area contributed by atoms with E-state index in [2.05, 4.69) is 4.90 Å². The summed E-state index contributed by atoms with van der Waals surface area (Å²) in [5.74, 6) is -0.237. The molecule has 5 nitrogen and oxygen atoms in total. The first kappa shape index (κ1) is 18.1. The van der Waals surface area contributed by atoms with Gasteiger partial charge in [-0.25, -0.2) is 9.87 Å². The molecule has 0 aliphatic carbocycles. The predicted molar refractivity (Wildman–Crippen MR) is 93.6 cm³/mol. The normalized spacial score (nSPS) is 16.3. The first-order valence-electron chi connectivity index (χ1n) is 7.31. The van der Waals surface area contributed by atoms with Crippen molar-refractivity contribution >= 4 is 25.1 Å². The van der Waals surface area contributed by atoms with Crippen LogP contribution in [0.5, 0.6) is 5.75 Å². The van der Waals surface area contributed by atoms with Crippen LogP contribution in [-0.2, 0) is 6.54 Å². The Morgan fingerprint density at radius 1 is 1.29 bits per heavy atom. The number of carbonyl (C=O) groups excluding carboxylic acids is 1. The third-order valence-electron chi connectivity index (χ3n) is 3.94. The van der Waals surface area contributed by atoms with Gasteiger partial charge in [0.1, 0.15) is 18.2 Å². The number of halogens is 1. The molecule has 0 saturated carbocycles. The van der Waals surface area contributed by atoms with Crippen molar-refractivity contribution in [3.63, 3.8) is 0 Å². The summed E-state index contributed by atoms with van der Waals surface area (Å²) in [7, 11) is 0. The van der Waals surface area contributed by atoms with Gasteiger partial charge in [-0.05, 0) is 43.3 Å². The molecule has 0 bridgehead atoms. The molecule has 1 aliphatic heterocycles. The van der Waals surface area contributed by atoms with E-state index in [9.17, 15) is 9.18 Å². The summed E-state index contributed by atoms with van der Waals surface area (Å²) in [6.45, 7) is 3.05. The lowest BCUT2D eigenvalue weighted by Gasteiger charge is -2.28.